The second-order valence-corrected chi connectivity index (χ2v) is 8.26. The van der Waals surface area contributed by atoms with E-state index in [0.29, 0.717) is 15.9 Å². The van der Waals surface area contributed by atoms with Crippen LogP contribution in [0.2, 0.25) is 0 Å². The first-order valence-electron chi connectivity index (χ1n) is 8.92. The Balaban J connectivity index is 7.44. The molecule has 0 aromatic rings. The van der Waals surface area contributed by atoms with Gasteiger partial charge < -0.3 is 0 Å². The summed E-state index contributed by atoms with van der Waals surface area (Å²) in [5.74, 6) is -26.3. The highest BCUT2D eigenvalue weighted by Gasteiger charge is 2.89. The van der Waals surface area contributed by atoms with Crippen LogP contribution in [0.3, 0.4) is 0 Å². The van der Waals surface area contributed by atoms with Crippen molar-refractivity contribution in [2.75, 3.05) is 0 Å². The molecule has 4 nitrogen and oxygen atoms in total. The molecule has 0 aliphatic carbocycles. The van der Waals surface area contributed by atoms with Crippen LogP contribution in [0.25, 0.3) is 0 Å². The Morgan fingerprint density at radius 2 is 0.444 bits per heavy atom. The maximum atomic E-state index is 14.2. The van der Waals surface area contributed by atoms with Gasteiger partial charge in [-0.05, 0) is 0 Å². The summed E-state index contributed by atoms with van der Waals surface area (Å²) in [6.07, 6.45) is -74.9. The standard InChI is InChI=1S/C13BrF27O4/c14-4(18,19)12(38,39)44-2(16,6(23,24)25)10(34,35)42-1(15,5(20,21)22)9(32,33)43-3(17,7(26,27)28)11(36,37)45-13(40,41)8(29,30)31. The maximum Gasteiger partial charge on any atom is 0.483 e. The smallest absolute Gasteiger partial charge is 0.263 e. The summed E-state index contributed by atoms with van der Waals surface area (Å²) in [6, 6.07) is 0. The lowest BCUT2D eigenvalue weighted by Gasteiger charge is -2.43. The quantitative estimate of drug-likeness (QED) is 0.146. The summed E-state index contributed by atoms with van der Waals surface area (Å²) in [5.41, 5.74) is 0. The lowest BCUT2D eigenvalue weighted by atomic mass is 10.2. The van der Waals surface area contributed by atoms with E-state index in [1.807, 2.05) is 0 Å². The zero-order valence-electron chi connectivity index (χ0n) is 18.7. The number of ether oxygens (including phenoxy) is 4. The molecule has 45 heavy (non-hydrogen) atoms. The Labute approximate surface area is 232 Å². The van der Waals surface area contributed by atoms with Crippen molar-refractivity contribution in [2.45, 2.75) is 77.6 Å². The Hall–Kier alpha value is -1.57. The Bertz CT molecular complexity index is 1040. The SMILES string of the molecule is FC(F)(F)C(F)(F)OC(F)(F)C(F)(OC(F)(F)C(F)(OC(F)(F)C(F)(OC(F)(F)C(F)(F)Br)C(F)(F)F)C(F)(F)F)C(F)(F)F. The molecule has 0 saturated heterocycles. The number of hydrogen-bond acceptors (Lipinski definition) is 4. The van der Waals surface area contributed by atoms with Crippen molar-refractivity contribution in [1.82, 2.24) is 0 Å². The molecule has 3 atom stereocenters. The summed E-state index contributed by atoms with van der Waals surface area (Å²) >= 11 is 0.337. The third-order valence-electron chi connectivity index (χ3n) is 3.94. The summed E-state index contributed by atoms with van der Waals surface area (Å²) in [4.78, 5) is -6.53. The first-order valence-corrected chi connectivity index (χ1v) is 9.72. The molecule has 0 saturated carbocycles. The molecule has 0 fully saturated rings. The van der Waals surface area contributed by atoms with Crippen LogP contribution in [0.5, 0.6) is 0 Å². The minimum atomic E-state index is -9.01. The van der Waals surface area contributed by atoms with Crippen LogP contribution in [0.15, 0.2) is 0 Å². The van der Waals surface area contributed by atoms with Crippen molar-refractivity contribution in [1.29, 1.82) is 0 Å². The van der Waals surface area contributed by atoms with Crippen molar-refractivity contribution < 1.29 is 137 Å². The molecule has 0 amide bonds. The van der Waals surface area contributed by atoms with E-state index in [4.69, 9.17) is 0 Å². The van der Waals surface area contributed by atoms with Gasteiger partial charge in [0.2, 0.25) is 0 Å². The van der Waals surface area contributed by atoms with Gasteiger partial charge in [-0.3, -0.25) is 14.2 Å². The van der Waals surface area contributed by atoms with E-state index in [1.165, 1.54) is 4.74 Å². The molecule has 272 valence electrons. The highest BCUT2D eigenvalue weighted by atomic mass is 79.9. The molecule has 0 radical (unpaired) electrons. The highest BCUT2D eigenvalue weighted by molar-refractivity contribution is 9.10. The predicted molar refractivity (Wildman–Crippen MR) is 78.7 cm³/mol. The topological polar surface area (TPSA) is 36.9 Å². The zero-order chi connectivity index (χ0) is 37.3. The molecule has 0 aliphatic heterocycles. The number of alkyl halides is 28. The monoisotopic (exact) mass is 812 g/mol. The molecule has 0 aromatic heterocycles. The maximum absolute atomic E-state index is 14.2. The molecule has 32 heteroatoms. The molecule has 0 bridgehead atoms. The fourth-order valence-electron chi connectivity index (χ4n) is 1.85. The molecule has 0 rings (SSSR count). The lowest BCUT2D eigenvalue weighted by Crippen LogP contribution is -2.71. The van der Waals surface area contributed by atoms with Gasteiger partial charge in [-0.2, -0.15) is 119 Å². The largest absolute Gasteiger partial charge is 0.483 e. The molecule has 0 spiro atoms. The molecular weight excluding hydrogens is 813 g/mol. The highest BCUT2D eigenvalue weighted by Crippen LogP contribution is 2.60. The summed E-state index contributed by atoms with van der Waals surface area (Å²) in [6.45, 7) is 0. The van der Waals surface area contributed by atoms with Gasteiger partial charge in [0.05, 0.1) is 0 Å². The first kappa shape index (κ1) is 43.4. The van der Waals surface area contributed by atoms with Gasteiger partial charge in [0.25, 0.3) is 0 Å². The fourth-order valence-corrected chi connectivity index (χ4v) is 1.93. The average Bonchev–Trinajstić information content (AvgIpc) is 2.67. The lowest BCUT2D eigenvalue weighted by molar-refractivity contribution is -0.593. The van der Waals surface area contributed by atoms with Crippen LogP contribution in [0.1, 0.15) is 0 Å². The molecule has 0 aromatic carbocycles. The zero-order valence-corrected chi connectivity index (χ0v) is 20.3. The second kappa shape index (κ2) is 11.3. The van der Waals surface area contributed by atoms with Crippen LogP contribution >= 0.6 is 15.9 Å². The van der Waals surface area contributed by atoms with E-state index in [9.17, 15) is 119 Å². The second-order valence-electron chi connectivity index (χ2n) is 7.27. The van der Waals surface area contributed by atoms with Crippen LogP contribution in [0.4, 0.5) is 119 Å². The molecular formula is C13BrF27O4. The van der Waals surface area contributed by atoms with Gasteiger partial charge in [-0.1, -0.05) is 0 Å². The molecule has 0 aliphatic rings. The third-order valence-corrected chi connectivity index (χ3v) is 4.40. The van der Waals surface area contributed by atoms with Crippen molar-refractivity contribution in [2.24, 2.45) is 0 Å². The van der Waals surface area contributed by atoms with E-state index in [0.717, 1.165) is 14.2 Å². The molecule has 0 heterocycles. The Morgan fingerprint density at radius 1 is 0.244 bits per heavy atom. The first-order chi connectivity index (χ1) is 18.8. The van der Waals surface area contributed by atoms with Crippen molar-refractivity contribution >= 4 is 15.9 Å². The minimum absolute atomic E-state index is 0.337. The summed E-state index contributed by atoms with van der Waals surface area (Å²) < 4.78 is 356. The van der Waals surface area contributed by atoms with Gasteiger partial charge in [0, 0.05) is 15.9 Å². The Kier molecular flexibility index (Phi) is 10.9. The normalized spacial score (nSPS) is 20.0. The van der Waals surface area contributed by atoms with E-state index in [1.54, 1.807) is 0 Å². The van der Waals surface area contributed by atoms with E-state index in [-0.39, 0.29) is 0 Å². The number of rotatable bonds is 12. The number of hydrogen-bond donors (Lipinski definition) is 0. The summed E-state index contributed by atoms with van der Waals surface area (Å²) in [5, 5.41) is 0. The van der Waals surface area contributed by atoms with Crippen molar-refractivity contribution in [3.8, 4) is 0 Å². The van der Waals surface area contributed by atoms with E-state index in [2.05, 4.69) is 0 Å². The minimum Gasteiger partial charge on any atom is -0.263 e. The van der Waals surface area contributed by atoms with Crippen LogP contribution in [0, 0.1) is 0 Å². The predicted octanol–water partition coefficient (Wildman–Crippen LogP) is 9.25. The van der Waals surface area contributed by atoms with Gasteiger partial charge in [-0.25, -0.2) is 4.74 Å². The average molecular weight is 813 g/mol. The van der Waals surface area contributed by atoms with Gasteiger partial charge >= 0.3 is 77.6 Å². The third kappa shape index (κ3) is 7.78. The molecule has 3 unspecified atom stereocenters. The molecule has 0 N–H and O–H groups in total. The van der Waals surface area contributed by atoms with Gasteiger partial charge in [0.15, 0.2) is 0 Å². The van der Waals surface area contributed by atoms with Crippen LogP contribution in [-0.4, -0.2) is 77.6 Å². The summed E-state index contributed by atoms with van der Waals surface area (Å²) in [7, 11) is 0. The van der Waals surface area contributed by atoms with Gasteiger partial charge in [-0.15, -0.1) is 0 Å². The van der Waals surface area contributed by atoms with Crippen molar-refractivity contribution in [3.63, 3.8) is 0 Å². The van der Waals surface area contributed by atoms with E-state index < -0.39 is 77.6 Å². The number of halogens is 28. The van der Waals surface area contributed by atoms with Crippen LogP contribution in [-0.2, 0) is 18.9 Å². The Morgan fingerprint density at radius 3 is 0.622 bits per heavy atom. The van der Waals surface area contributed by atoms with E-state index >= 15 is 0 Å². The van der Waals surface area contributed by atoms with Gasteiger partial charge in [0.1, 0.15) is 0 Å². The fraction of sp³-hybridized carbons (Fsp3) is 1.00. The van der Waals surface area contributed by atoms with Crippen LogP contribution < -0.4 is 0 Å². The van der Waals surface area contributed by atoms with Crippen molar-refractivity contribution in [3.05, 3.63) is 0 Å².